The molecule has 1 aromatic carbocycles. The number of nitrogens with one attached hydrogen (secondary N) is 1. The molecule has 0 aliphatic heterocycles. The minimum atomic E-state index is -0.433. The lowest BCUT2D eigenvalue weighted by Crippen LogP contribution is -2.14. The van der Waals surface area contributed by atoms with Crippen molar-refractivity contribution in [1.82, 2.24) is 14.3 Å². The Bertz CT molecular complexity index is 1190. The molecular weight excluding hydrogens is 386 g/mol. The average Bonchev–Trinajstić information content (AvgIpc) is 3.17. The van der Waals surface area contributed by atoms with Crippen LogP contribution >= 0.6 is 0 Å². The summed E-state index contributed by atoms with van der Waals surface area (Å²) in [6.07, 6.45) is 2.69. The second-order valence-corrected chi connectivity index (χ2v) is 7.90. The molecule has 0 spiro atoms. The van der Waals surface area contributed by atoms with Gasteiger partial charge in [0.2, 0.25) is 0 Å². The van der Waals surface area contributed by atoms with E-state index in [-0.39, 0.29) is 5.57 Å². The first kappa shape index (κ1) is 22.1. The molecule has 2 aromatic heterocycles. The largest absolute Gasteiger partial charge is 0.349 e. The van der Waals surface area contributed by atoms with Crippen molar-refractivity contribution in [1.29, 1.82) is 5.26 Å². The Morgan fingerprint density at radius 1 is 1.13 bits per heavy atom. The van der Waals surface area contributed by atoms with Crippen molar-refractivity contribution in [2.45, 2.75) is 54.5 Å². The summed E-state index contributed by atoms with van der Waals surface area (Å²) in [6, 6.07) is 12.1. The number of anilines is 1. The number of carbonyl (C=O) groups is 1. The van der Waals surface area contributed by atoms with Gasteiger partial charge in [-0.2, -0.15) is 10.4 Å². The smallest absolute Gasteiger partial charge is 0.266 e. The fourth-order valence-corrected chi connectivity index (χ4v) is 3.79. The van der Waals surface area contributed by atoms with Gasteiger partial charge in [0.1, 0.15) is 11.6 Å². The number of benzene rings is 1. The van der Waals surface area contributed by atoms with Crippen molar-refractivity contribution < 1.29 is 4.79 Å². The quantitative estimate of drug-likeness (QED) is 0.446. The Kier molecular flexibility index (Phi) is 6.45. The van der Waals surface area contributed by atoms with Gasteiger partial charge in [0.25, 0.3) is 5.91 Å². The van der Waals surface area contributed by atoms with Gasteiger partial charge < -0.3 is 9.88 Å². The molecule has 0 aliphatic rings. The molecule has 31 heavy (non-hydrogen) atoms. The predicted molar refractivity (Wildman–Crippen MR) is 124 cm³/mol. The fraction of sp³-hybridized carbons (Fsp3) is 0.320. The molecule has 0 fully saturated rings. The molecule has 0 radical (unpaired) electrons. The Labute approximate surface area is 183 Å². The first-order valence-corrected chi connectivity index (χ1v) is 10.5. The highest BCUT2D eigenvalue weighted by Crippen LogP contribution is 2.24. The summed E-state index contributed by atoms with van der Waals surface area (Å²) in [5.41, 5.74) is 7.36. The molecule has 160 valence electrons. The number of hydrogen-bond acceptors (Lipinski definition) is 3. The van der Waals surface area contributed by atoms with Gasteiger partial charge in [0.15, 0.2) is 0 Å². The van der Waals surface area contributed by atoms with Crippen LogP contribution in [0.2, 0.25) is 0 Å². The number of nitrogens with zero attached hydrogens (tertiary/aromatic N) is 4. The number of aromatic nitrogens is 3. The van der Waals surface area contributed by atoms with Crippen molar-refractivity contribution in [3.05, 3.63) is 69.8 Å². The number of nitriles is 1. The summed E-state index contributed by atoms with van der Waals surface area (Å²) in [7, 11) is 0. The van der Waals surface area contributed by atoms with Crippen LogP contribution in [0.15, 0.2) is 35.9 Å². The maximum absolute atomic E-state index is 12.9. The lowest BCUT2D eigenvalue weighted by Gasteiger charge is -2.08. The van der Waals surface area contributed by atoms with E-state index >= 15 is 0 Å². The van der Waals surface area contributed by atoms with Crippen molar-refractivity contribution in [2.24, 2.45) is 0 Å². The minimum absolute atomic E-state index is 0.0682. The Morgan fingerprint density at radius 2 is 1.81 bits per heavy atom. The van der Waals surface area contributed by atoms with Crippen LogP contribution in [-0.2, 0) is 11.3 Å². The summed E-state index contributed by atoms with van der Waals surface area (Å²) < 4.78 is 4.01. The maximum Gasteiger partial charge on any atom is 0.266 e. The van der Waals surface area contributed by atoms with Crippen LogP contribution in [0.5, 0.6) is 0 Å². The lowest BCUT2D eigenvalue weighted by atomic mass is 10.1. The van der Waals surface area contributed by atoms with E-state index in [0.717, 1.165) is 41.3 Å². The van der Waals surface area contributed by atoms with Crippen molar-refractivity contribution in [2.75, 3.05) is 5.32 Å². The van der Waals surface area contributed by atoms with Gasteiger partial charge in [-0.1, -0.05) is 24.6 Å². The monoisotopic (exact) mass is 415 g/mol. The lowest BCUT2D eigenvalue weighted by molar-refractivity contribution is -0.112. The molecule has 2 heterocycles. The van der Waals surface area contributed by atoms with Gasteiger partial charge in [-0.3, -0.25) is 4.79 Å². The molecule has 3 aromatic rings. The molecule has 0 saturated carbocycles. The van der Waals surface area contributed by atoms with E-state index in [1.54, 1.807) is 10.8 Å². The molecular formula is C25H29N5O. The summed E-state index contributed by atoms with van der Waals surface area (Å²) in [6.45, 7) is 12.9. The Hall–Kier alpha value is -3.59. The van der Waals surface area contributed by atoms with Crippen molar-refractivity contribution >= 4 is 17.7 Å². The highest BCUT2D eigenvalue weighted by Gasteiger charge is 2.18. The third-order valence-corrected chi connectivity index (χ3v) is 5.53. The first-order chi connectivity index (χ1) is 14.8. The van der Waals surface area contributed by atoms with Gasteiger partial charge in [-0.05, 0) is 70.9 Å². The molecule has 0 bridgehead atoms. The van der Waals surface area contributed by atoms with Crippen LogP contribution in [0.25, 0.3) is 11.8 Å². The van der Waals surface area contributed by atoms with E-state index < -0.39 is 5.91 Å². The molecule has 3 rings (SSSR count). The minimum Gasteiger partial charge on any atom is -0.349 e. The molecule has 0 aliphatic carbocycles. The van der Waals surface area contributed by atoms with Crippen LogP contribution in [0.1, 0.15) is 47.2 Å². The number of rotatable bonds is 6. The van der Waals surface area contributed by atoms with Gasteiger partial charge in [-0.25, -0.2) is 4.68 Å². The van der Waals surface area contributed by atoms with Crippen LogP contribution in [0, 0.1) is 45.9 Å². The van der Waals surface area contributed by atoms with E-state index in [4.69, 9.17) is 0 Å². The van der Waals surface area contributed by atoms with Crippen molar-refractivity contribution in [3.8, 4) is 11.8 Å². The van der Waals surface area contributed by atoms with Crippen LogP contribution in [-0.4, -0.2) is 20.3 Å². The highest BCUT2D eigenvalue weighted by atomic mass is 16.1. The average molecular weight is 416 g/mol. The van der Waals surface area contributed by atoms with Gasteiger partial charge >= 0.3 is 0 Å². The van der Waals surface area contributed by atoms with Gasteiger partial charge in [0.05, 0.1) is 22.8 Å². The standard InChI is InChI=1S/C25H29N5O/c1-7-12-29-17(3)13-21(19(29)5)14-22(15-26)25(31)27-24-18(4)28-30(20(24)6)23-10-8-16(2)9-11-23/h8-11,13-14H,7,12H2,1-6H3,(H,27,31)/b22-14+. The Morgan fingerprint density at radius 3 is 2.42 bits per heavy atom. The summed E-state index contributed by atoms with van der Waals surface area (Å²) in [4.78, 5) is 12.9. The summed E-state index contributed by atoms with van der Waals surface area (Å²) in [5.74, 6) is -0.433. The third kappa shape index (κ3) is 4.46. The van der Waals surface area contributed by atoms with E-state index in [9.17, 15) is 10.1 Å². The number of amides is 1. The second-order valence-electron chi connectivity index (χ2n) is 7.90. The molecule has 6 nitrogen and oxygen atoms in total. The Balaban J connectivity index is 1.90. The number of hydrogen-bond donors (Lipinski definition) is 1. The third-order valence-electron chi connectivity index (χ3n) is 5.53. The summed E-state index contributed by atoms with van der Waals surface area (Å²) in [5, 5.41) is 17.1. The molecule has 0 atom stereocenters. The van der Waals surface area contributed by atoms with E-state index in [1.807, 2.05) is 65.0 Å². The topological polar surface area (TPSA) is 75.6 Å². The summed E-state index contributed by atoms with van der Waals surface area (Å²) >= 11 is 0. The first-order valence-electron chi connectivity index (χ1n) is 10.5. The molecule has 0 saturated heterocycles. The van der Waals surface area contributed by atoms with Gasteiger partial charge in [0, 0.05) is 17.9 Å². The normalized spacial score (nSPS) is 11.5. The molecule has 6 heteroatoms. The SMILES string of the molecule is CCCn1c(C)cc(/C=C(\C#N)C(=O)Nc2c(C)nn(-c3ccc(C)cc3)c2C)c1C. The van der Waals surface area contributed by atoms with E-state index in [2.05, 4.69) is 28.0 Å². The fourth-order valence-electron chi connectivity index (χ4n) is 3.79. The predicted octanol–water partition coefficient (Wildman–Crippen LogP) is 5.17. The highest BCUT2D eigenvalue weighted by molar-refractivity contribution is 6.10. The van der Waals surface area contributed by atoms with Crippen LogP contribution in [0.4, 0.5) is 5.69 Å². The number of aryl methyl sites for hydroxylation is 3. The zero-order valence-corrected chi connectivity index (χ0v) is 19.1. The van der Waals surface area contributed by atoms with E-state index in [0.29, 0.717) is 11.4 Å². The molecule has 1 amide bonds. The number of carbonyl (C=O) groups excluding carboxylic acids is 1. The van der Waals surface area contributed by atoms with Crippen molar-refractivity contribution in [3.63, 3.8) is 0 Å². The van der Waals surface area contributed by atoms with E-state index in [1.165, 1.54) is 5.56 Å². The zero-order chi connectivity index (χ0) is 22.7. The molecule has 1 N–H and O–H groups in total. The van der Waals surface area contributed by atoms with Gasteiger partial charge in [-0.15, -0.1) is 0 Å². The van der Waals surface area contributed by atoms with Crippen LogP contribution < -0.4 is 5.32 Å². The molecule has 0 unspecified atom stereocenters. The zero-order valence-electron chi connectivity index (χ0n) is 19.1. The maximum atomic E-state index is 12.9. The second kappa shape index (κ2) is 9.05. The van der Waals surface area contributed by atoms with Crippen LogP contribution in [0.3, 0.4) is 0 Å².